The Balaban J connectivity index is 2.22. The molecule has 2 aliphatic rings. The molecule has 6 nitrogen and oxygen atoms in total. The first-order valence-electron chi connectivity index (χ1n) is 8.08. The normalized spacial score (nSPS) is 31.0. The molecule has 0 unspecified atom stereocenters. The highest BCUT2D eigenvalue weighted by Gasteiger charge is 2.51. The molecule has 0 spiro atoms. The number of allylic oxidation sites excluding steroid dienone is 1. The van der Waals surface area contributed by atoms with Crippen LogP contribution in [-0.4, -0.2) is 55.0 Å². The van der Waals surface area contributed by atoms with Gasteiger partial charge in [-0.15, -0.1) is 6.58 Å². The number of methoxy groups -OCH3 is 1. The van der Waals surface area contributed by atoms with Crippen LogP contribution in [0.3, 0.4) is 0 Å². The highest BCUT2D eigenvalue weighted by atomic mass is 16.6. The molecule has 2 aliphatic heterocycles. The van der Waals surface area contributed by atoms with E-state index in [-0.39, 0.29) is 12.0 Å². The van der Waals surface area contributed by atoms with Gasteiger partial charge in [0.05, 0.1) is 13.2 Å². The van der Waals surface area contributed by atoms with E-state index in [1.165, 1.54) is 12.0 Å². The molecule has 130 valence electrons. The second-order valence-electron chi connectivity index (χ2n) is 7.22. The first kappa shape index (κ1) is 17.8. The number of rotatable bonds is 2. The van der Waals surface area contributed by atoms with Crippen LogP contribution in [0, 0.1) is 11.8 Å². The van der Waals surface area contributed by atoms with E-state index in [1.54, 1.807) is 20.8 Å². The molecule has 2 rings (SSSR count). The maximum atomic E-state index is 12.5. The quantitative estimate of drug-likeness (QED) is 0.576. The Morgan fingerprint density at radius 2 is 2.04 bits per heavy atom. The van der Waals surface area contributed by atoms with Gasteiger partial charge in [-0.1, -0.05) is 6.08 Å². The van der Waals surface area contributed by atoms with Crippen LogP contribution < -0.4 is 0 Å². The zero-order valence-electron chi connectivity index (χ0n) is 14.4. The Bertz CT molecular complexity index is 470. The Morgan fingerprint density at radius 3 is 2.61 bits per heavy atom. The molecule has 0 N–H and O–H groups in total. The predicted octanol–water partition coefficient (Wildman–Crippen LogP) is 2.38. The largest absolute Gasteiger partial charge is 0.467 e. The highest BCUT2D eigenvalue weighted by molar-refractivity contribution is 5.83. The van der Waals surface area contributed by atoms with Gasteiger partial charge in [0.1, 0.15) is 5.60 Å². The van der Waals surface area contributed by atoms with Crippen molar-refractivity contribution in [2.75, 3.05) is 20.3 Å². The van der Waals surface area contributed by atoms with Gasteiger partial charge in [0.15, 0.2) is 6.04 Å². The Morgan fingerprint density at radius 1 is 1.35 bits per heavy atom. The Kier molecular flexibility index (Phi) is 5.34. The second-order valence-corrected chi connectivity index (χ2v) is 7.22. The average molecular weight is 325 g/mol. The van der Waals surface area contributed by atoms with Crippen LogP contribution in [0.4, 0.5) is 4.79 Å². The van der Waals surface area contributed by atoms with Gasteiger partial charge < -0.3 is 14.2 Å². The van der Waals surface area contributed by atoms with Crippen molar-refractivity contribution in [2.45, 2.75) is 51.4 Å². The SMILES string of the molecule is C=C[C@@H]1CCO[C@@H]2[C@@H](C1)CN(C(=O)OC(C)(C)C)[C@@H]2C(=O)OC. The Hall–Kier alpha value is -1.56. The number of likely N-dealkylation sites (tertiary alicyclic amines) is 1. The van der Waals surface area contributed by atoms with Crippen LogP contribution in [0.5, 0.6) is 0 Å². The van der Waals surface area contributed by atoms with Crippen LogP contribution >= 0.6 is 0 Å². The van der Waals surface area contributed by atoms with Crippen LogP contribution in [0.25, 0.3) is 0 Å². The molecular formula is C17H27NO5. The molecule has 0 aromatic heterocycles. The molecule has 1 amide bonds. The summed E-state index contributed by atoms with van der Waals surface area (Å²) in [5, 5.41) is 0. The van der Waals surface area contributed by atoms with Gasteiger partial charge >= 0.3 is 12.1 Å². The topological polar surface area (TPSA) is 65.1 Å². The highest BCUT2D eigenvalue weighted by Crippen LogP contribution is 2.36. The third-order valence-corrected chi connectivity index (χ3v) is 4.35. The van der Waals surface area contributed by atoms with E-state index in [0.717, 1.165) is 12.8 Å². The summed E-state index contributed by atoms with van der Waals surface area (Å²) in [4.78, 5) is 26.2. The Labute approximate surface area is 137 Å². The van der Waals surface area contributed by atoms with Crippen molar-refractivity contribution >= 4 is 12.1 Å². The van der Waals surface area contributed by atoms with Crippen molar-refractivity contribution in [1.82, 2.24) is 4.90 Å². The van der Waals surface area contributed by atoms with Crippen molar-refractivity contribution in [3.05, 3.63) is 12.7 Å². The van der Waals surface area contributed by atoms with Crippen molar-refractivity contribution < 1.29 is 23.8 Å². The van der Waals surface area contributed by atoms with E-state index < -0.39 is 23.7 Å². The lowest BCUT2D eigenvalue weighted by Crippen LogP contribution is -2.48. The van der Waals surface area contributed by atoms with E-state index in [0.29, 0.717) is 19.1 Å². The van der Waals surface area contributed by atoms with Gasteiger partial charge in [-0.05, 0) is 39.5 Å². The second kappa shape index (κ2) is 6.91. The van der Waals surface area contributed by atoms with Crippen molar-refractivity contribution in [3.63, 3.8) is 0 Å². The van der Waals surface area contributed by atoms with Crippen LogP contribution in [0.1, 0.15) is 33.6 Å². The molecule has 2 fully saturated rings. The smallest absolute Gasteiger partial charge is 0.411 e. The van der Waals surface area contributed by atoms with Crippen LogP contribution in [0.2, 0.25) is 0 Å². The predicted molar refractivity (Wildman–Crippen MR) is 84.9 cm³/mol. The molecule has 0 aliphatic carbocycles. The summed E-state index contributed by atoms with van der Waals surface area (Å²) in [7, 11) is 1.33. The summed E-state index contributed by atoms with van der Waals surface area (Å²) in [6.07, 6.45) is 2.81. The standard InChI is InChI=1S/C17H27NO5/c1-6-11-7-8-22-14-12(9-11)10-18(13(14)15(19)21-5)16(20)23-17(2,3)4/h6,11-14H,1,7-10H2,2-5H3/t11-,12+,13+,14-/m1/s1. The maximum absolute atomic E-state index is 12.5. The van der Waals surface area contributed by atoms with E-state index in [4.69, 9.17) is 14.2 Å². The fourth-order valence-electron chi connectivity index (χ4n) is 3.31. The lowest BCUT2D eigenvalue weighted by molar-refractivity contribution is -0.150. The van der Waals surface area contributed by atoms with E-state index in [1.807, 2.05) is 6.08 Å². The molecule has 0 aromatic rings. The van der Waals surface area contributed by atoms with Crippen molar-refractivity contribution in [3.8, 4) is 0 Å². The number of ether oxygens (including phenoxy) is 3. The zero-order valence-corrected chi connectivity index (χ0v) is 14.4. The summed E-state index contributed by atoms with van der Waals surface area (Å²) in [6, 6.07) is -0.747. The number of fused-ring (bicyclic) bond motifs is 1. The molecule has 23 heavy (non-hydrogen) atoms. The third-order valence-electron chi connectivity index (χ3n) is 4.35. The molecule has 0 saturated carbocycles. The van der Waals surface area contributed by atoms with Gasteiger partial charge in [-0.3, -0.25) is 4.90 Å². The number of hydrogen-bond acceptors (Lipinski definition) is 5. The number of esters is 1. The van der Waals surface area contributed by atoms with Gasteiger partial charge in [-0.2, -0.15) is 0 Å². The fourth-order valence-corrected chi connectivity index (χ4v) is 3.31. The van der Waals surface area contributed by atoms with E-state index >= 15 is 0 Å². The summed E-state index contributed by atoms with van der Waals surface area (Å²) in [5.74, 6) is -0.0422. The van der Waals surface area contributed by atoms with Crippen molar-refractivity contribution in [2.24, 2.45) is 11.8 Å². The molecule has 0 bridgehead atoms. The van der Waals surface area contributed by atoms with Gasteiger partial charge in [0, 0.05) is 19.1 Å². The van der Waals surface area contributed by atoms with Gasteiger partial charge in [-0.25, -0.2) is 9.59 Å². The van der Waals surface area contributed by atoms with Crippen LogP contribution in [0.15, 0.2) is 12.7 Å². The minimum absolute atomic E-state index is 0.0807. The third kappa shape index (κ3) is 4.05. The maximum Gasteiger partial charge on any atom is 0.411 e. The van der Waals surface area contributed by atoms with Crippen LogP contribution in [-0.2, 0) is 19.0 Å². The molecule has 0 aromatic carbocycles. The number of carbonyl (C=O) groups is 2. The zero-order chi connectivity index (χ0) is 17.2. The monoisotopic (exact) mass is 325 g/mol. The molecule has 2 saturated heterocycles. The van der Waals surface area contributed by atoms with E-state index in [2.05, 4.69) is 6.58 Å². The minimum atomic E-state index is -0.747. The lowest BCUT2D eigenvalue weighted by atomic mass is 9.90. The summed E-state index contributed by atoms with van der Waals surface area (Å²) >= 11 is 0. The van der Waals surface area contributed by atoms with Gasteiger partial charge in [0.2, 0.25) is 0 Å². The molecule has 0 radical (unpaired) electrons. The number of hydrogen-bond donors (Lipinski definition) is 0. The van der Waals surface area contributed by atoms with Gasteiger partial charge in [0.25, 0.3) is 0 Å². The average Bonchev–Trinajstić information content (AvgIpc) is 2.70. The summed E-state index contributed by atoms with van der Waals surface area (Å²) in [5.41, 5.74) is -0.618. The summed E-state index contributed by atoms with van der Waals surface area (Å²) < 4.78 is 16.2. The molecule has 2 heterocycles. The summed E-state index contributed by atoms with van der Waals surface area (Å²) in [6.45, 7) is 10.3. The minimum Gasteiger partial charge on any atom is -0.467 e. The molecule has 4 atom stereocenters. The lowest BCUT2D eigenvalue weighted by Gasteiger charge is -2.28. The first-order chi connectivity index (χ1) is 10.8. The number of amides is 1. The number of carbonyl (C=O) groups excluding carboxylic acids is 2. The molecule has 6 heteroatoms. The van der Waals surface area contributed by atoms with Crippen molar-refractivity contribution in [1.29, 1.82) is 0 Å². The first-order valence-corrected chi connectivity index (χ1v) is 8.08. The number of nitrogens with zero attached hydrogens (tertiary/aromatic N) is 1. The molecular weight excluding hydrogens is 298 g/mol. The fraction of sp³-hybridized carbons (Fsp3) is 0.765. The van der Waals surface area contributed by atoms with E-state index in [9.17, 15) is 9.59 Å².